The molecule has 0 bridgehead atoms. The fraction of sp³-hybridized carbons (Fsp3) is 0.542. The predicted molar refractivity (Wildman–Crippen MR) is 124 cm³/mol. The summed E-state index contributed by atoms with van der Waals surface area (Å²) in [5.74, 6) is 1.29. The number of methoxy groups -OCH3 is 1. The van der Waals surface area contributed by atoms with Crippen LogP contribution in [-0.4, -0.2) is 52.7 Å². The third-order valence-corrected chi connectivity index (χ3v) is 7.46. The molecule has 0 saturated heterocycles. The van der Waals surface area contributed by atoms with E-state index in [4.69, 9.17) is 26.4 Å². The lowest BCUT2D eigenvalue weighted by Gasteiger charge is -2.38. The van der Waals surface area contributed by atoms with Gasteiger partial charge in [0, 0.05) is 48.5 Å². The highest BCUT2D eigenvalue weighted by Gasteiger charge is 2.40. The van der Waals surface area contributed by atoms with Crippen LogP contribution in [0.25, 0.3) is 0 Å². The lowest BCUT2D eigenvalue weighted by atomic mass is 9.83. The summed E-state index contributed by atoms with van der Waals surface area (Å²) in [6.07, 6.45) is 14.1. The lowest BCUT2D eigenvalue weighted by Crippen LogP contribution is -2.44. The first-order valence-electron chi connectivity index (χ1n) is 11.5. The van der Waals surface area contributed by atoms with Gasteiger partial charge < -0.3 is 9.64 Å². The summed E-state index contributed by atoms with van der Waals surface area (Å²) in [6.45, 7) is 0.685. The largest absolute Gasteiger partial charge is 0.385 e. The number of fused-ring (bicyclic) bond motifs is 2. The van der Waals surface area contributed by atoms with Crippen molar-refractivity contribution >= 4 is 23.7 Å². The number of hydrogen-bond donors (Lipinski definition) is 0. The van der Waals surface area contributed by atoms with E-state index in [1.165, 1.54) is 6.07 Å². The van der Waals surface area contributed by atoms with Gasteiger partial charge in [-0.1, -0.05) is 11.6 Å². The van der Waals surface area contributed by atoms with Gasteiger partial charge in [-0.25, -0.2) is 9.40 Å². The normalized spacial score (nSPS) is 29.7. The number of hydrazone groups is 1. The second-order valence-electron chi connectivity index (χ2n) is 8.99. The zero-order valence-corrected chi connectivity index (χ0v) is 19.1. The number of aromatic nitrogens is 1. The summed E-state index contributed by atoms with van der Waals surface area (Å²) in [5, 5.41) is 7.79. The molecule has 0 aromatic carbocycles. The number of aliphatic imine (C=N–C) groups is 1. The van der Waals surface area contributed by atoms with Gasteiger partial charge in [-0.05, 0) is 63.2 Å². The van der Waals surface area contributed by atoms with E-state index in [-0.39, 0.29) is 23.8 Å². The maximum atomic E-state index is 14.2. The van der Waals surface area contributed by atoms with Gasteiger partial charge in [0.25, 0.3) is 0 Å². The third kappa shape index (κ3) is 4.08. The molecule has 0 N–H and O–H groups in total. The molecule has 4 aliphatic rings. The summed E-state index contributed by atoms with van der Waals surface area (Å²) < 4.78 is 19.6. The van der Waals surface area contributed by atoms with Gasteiger partial charge in [0.15, 0.2) is 0 Å². The molecule has 170 valence electrons. The molecule has 2 aliphatic heterocycles. The first-order valence-corrected chi connectivity index (χ1v) is 11.9. The molecule has 8 heteroatoms. The van der Waals surface area contributed by atoms with E-state index in [0.717, 1.165) is 61.5 Å². The number of ether oxygens (including phenoxy) is 1. The number of hydrogen-bond acceptors (Lipinski definition) is 6. The smallest absolute Gasteiger partial charge is 0.149 e. The number of nitrogens with zero attached hydrogens (tertiary/aromatic N) is 5. The molecule has 2 unspecified atom stereocenters. The van der Waals surface area contributed by atoms with Crippen LogP contribution in [-0.2, 0) is 4.74 Å². The summed E-state index contributed by atoms with van der Waals surface area (Å²) in [6, 6.07) is 3.66. The molecular weight excluding hydrogens is 429 g/mol. The molecule has 1 fully saturated rings. The Morgan fingerprint density at radius 2 is 2.06 bits per heavy atom. The van der Waals surface area contributed by atoms with Gasteiger partial charge in [0.2, 0.25) is 0 Å². The van der Waals surface area contributed by atoms with E-state index < -0.39 is 0 Å². The zero-order chi connectivity index (χ0) is 22.1. The van der Waals surface area contributed by atoms with Gasteiger partial charge in [0.1, 0.15) is 18.0 Å². The maximum absolute atomic E-state index is 14.2. The van der Waals surface area contributed by atoms with Crippen molar-refractivity contribution in [1.29, 1.82) is 0 Å². The number of pyridine rings is 1. The number of allylic oxidation sites excluding steroid dienone is 2. The molecule has 2 aliphatic carbocycles. The Labute approximate surface area is 193 Å². The van der Waals surface area contributed by atoms with E-state index >= 15 is 0 Å². The summed E-state index contributed by atoms with van der Waals surface area (Å²) in [5.41, 5.74) is 1.65. The van der Waals surface area contributed by atoms with Gasteiger partial charge in [-0.15, -0.1) is 0 Å². The molecule has 1 aromatic rings. The molecule has 3 heterocycles. The molecular formula is C24H29ClFN5O. The van der Waals surface area contributed by atoms with Crippen LogP contribution < -0.4 is 0 Å². The molecule has 1 saturated carbocycles. The van der Waals surface area contributed by atoms with Crippen molar-refractivity contribution in [3.05, 3.63) is 53.0 Å². The first kappa shape index (κ1) is 21.6. The Kier molecular flexibility index (Phi) is 6.28. The molecule has 5 rings (SSSR count). The Hall–Kier alpha value is -2.25. The van der Waals surface area contributed by atoms with Crippen molar-refractivity contribution < 1.29 is 9.13 Å². The van der Waals surface area contributed by atoms with Crippen molar-refractivity contribution in [2.24, 2.45) is 16.0 Å². The zero-order valence-electron chi connectivity index (χ0n) is 18.3. The van der Waals surface area contributed by atoms with Crippen LogP contribution in [0.2, 0.25) is 0 Å². The average molecular weight is 458 g/mol. The number of halogens is 2. The maximum Gasteiger partial charge on any atom is 0.149 e. The second-order valence-corrected chi connectivity index (χ2v) is 9.47. The molecule has 0 radical (unpaired) electrons. The first-order chi connectivity index (χ1) is 15.7. The van der Waals surface area contributed by atoms with Crippen molar-refractivity contribution in [2.75, 3.05) is 13.7 Å². The van der Waals surface area contributed by atoms with E-state index in [1.807, 2.05) is 18.6 Å². The van der Waals surface area contributed by atoms with Gasteiger partial charge in [-0.2, -0.15) is 5.10 Å². The Bertz CT molecular complexity index is 969. The molecule has 0 amide bonds. The topological polar surface area (TPSA) is 53.3 Å². The van der Waals surface area contributed by atoms with Crippen molar-refractivity contribution in [1.82, 2.24) is 14.9 Å². The van der Waals surface area contributed by atoms with Crippen LogP contribution in [0, 0.1) is 11.7 Å². The van der Waals surface area contributed by atoms with Crippen molar-refractivity contribution in [3.8, 4) is 0 Å². The molecule has 1 aromatic heterocycles. The molecule has 6 nitrogen and oxygen atoms in total. The third-order valence-electron chi connectivity index (χ3n) is 7.16. The van der Waals surface area contributed by atoms with E-state index in [2.05, 4.69) is 14.9 Å². The van der Waals surface area contributed by atoms with E-state index in [1.54, 1.807) is 19.4 Å². The minimum Gasteiger partial charge on any atom is -0.385 e. The monoisotopic (exact) mass is 457 g/mol. The molecule has 32 heavy (non-hydrogen) atoms. The van der Waals surface area contributed by atoms with Crippen molar-refractivity contribution in [2.45, 2.75) is 62.9 Å². The number of rotatable bonds is 5. The van der Waals surface area contributed by atoms with Crippen LogP contribution in [0.1, 0.15) is 56.6 Å². The standard InChI is InChI=1S/C24H29ClFN5O/c1-32-12-10-22-19-9-6-17(25)13-21(19)28-14-23-30(22)15-29-31(23)18-7-4-16(5-8-18)24-20(26)3-2-11-27-24/h2-3,11,13-16,18-19,22H,4-10,12H2,1H3. The SMILES string of the molecule is COCCC1C2CCC(Cl)=CC2=NC=C2N1C=NN2C1CCC(c2ncccc2F)CC1. The Balaban J connectivity index is 1.34. The fourth-order valence-electron chi connectivity index (χ4n) is 5.51. The average Bonchev–Trinajstić information content (AvgIpc) is 3.16. The summed E-state index contributed by atoms with van der Waals surface area (Å²) in [4.78, 5) is 11.4. The summed E-state index contributed by atoms with van der Waals surface area (Å²) >= 11 is 6.34. The van der Waals surface area contributed by atoms with Gasteiger partial charge >= 0.3 is 0 Å². The highest BCUT2D eigenvalue weighted by Crippen LogP contribution is 2.40. The van der Waals surface area contributed by atoms with Gasteiger partial charge in [0.05, 0.1) is 17.9 Å². The van der Waals surface area contributed by atoms with Crippen LogP contribution in [0.3, 0.4) is 0 Å². The predicted octanol–water partition coefficient (Wildman–Crippen LogP) is 5.00. The van der Waals surface area contributed by atoms with Gasteiger partial charge in [-0.3, -0.25) is 9.98 Å². The minimum absolute atomic E-state index is 0.170. The fourth-order valence-corrected chi connectivity index (χ4v) is 5.73. The Morgan fingerprint density at radius 3 is 2.84 bits per heavy atom. The van der Waals surface area contributed by atoms with Crippen LogP contribution in [0.4, 0.5) is 4.39 Å². The Morgan fingerprint density at radius 1 is 1.22 bits per heavy atom. The lowest BCUT2D eigenvalue weighted by molar-refractivity contribution is 0.137. The summed E-state index contributed by atoms with van der Waals surface area (Å²) in [7, 11) is 1.74. The van der Waals surface area contributed by atoms with E-state index in [0.29, 0.717) is 18.2 Å². The van der Waals surface area contributed by atoms with Crippen LogP contribution in [0.15, 0.2) is 51.6 Å². The highest BCUT2D eigenvalue weighted by atomic mass is 35.5. The van der Waals surface area contributed by atoms with E-state index in [9.17, 15) is 4.39 Å². The molecule has 0 spiro atoms. The van der Waals surface area contributed by atoms with Crippen molar-refractivity contribution in [3.63, 3.8) is 0 Å². The van der Waals surface area contributed by atoms with Crippen LogP contribution in [0.5, 0.6) is 0 Å². The second kappa shape index (κ2) is 9.32. The highest BCUT2D eigenvalue weighted by molar-refractivity contribution is 6.31. The minimum atomic E-state index is -0.195. The van der Waals surface area contributed by atoms with Crippen LogP contribution >= 0.6 is 11.6 Å². The quantitative estimate of drug-likeness (QED) is 0.624. The molecule has 2 atom stereocenters.